The van der Waals surface area contributed by atoms with Gasteiger partial charge in [-0.2, -0.15) is 0 Å². The lowest BCUT2D eigenvalue weighted by Crippen LogP contribution is -2.31. The Balaban J connectivity index is 1.99. The van der Waals surface area contributed by atoms with Crippen molar-refractivity contribution in [3.63, 3.8) is 0 Å². The van der Waals surface area contributed by atoms with Crippen LogP contribution in [0.15, 0.2) is 35.9 Å². The van der Waals surface area contributed by atoms with Crippen molar-refractivity contribution in [3.05, 3.63) is 35.9 Å². The molecule has 0 amide bonds. The maximum Gasteiger partial charge on any atom is 0.137 e. The molecule has 0 aromatic carbocycles. The molecule has 0 spiro atoms. The van der Waals surface area contributed by atoms with Gasteiger partial charge in [0.05, 0.1) is 0 Å². The lowest BCUT2D eigenvalue weighted by molar-refractivity contribution is 0.682. The molecular weight excluding hydrogens is 216 g/mol. The van der Waals surface area contributed by atoms with E-state index in [1.54, 1.807) is 11.3 Å². The lowest BCUT2D eigenvalue weighted by Gasteiger charge is -2.29. The van der Waals surface area contributed by atoms with Crippen molar-refractivity contribution in [2.24, 2.45) is 0 Å². The fraction of sp³-hybridized carbons (Fsp3) is 0.308. The van der Waals surface area contributed by atoms with Crippen molar-refractivity contribution in [2.75, 3.05) is 18.0 Å². The molecule has 1 fully saturated rings. The van der Waals surface area contributed by atoms with E-state index in [0.717, 1.165) is 31.7 Å². The van der Waals surface area contributed by atoms with Crippen LogP contribution in [0.4, 0.5) is 5.82 Å². The highest BCUT2D eigenvalue weighted by molar-refractivity contribution is 7.17. The molecule has 2 aromatic rings. The van der Waals surface area contributed by atoms with Crippen molar-refractivity contribution >= 4 is 27.2 Å². The minimum atomic E-state index is 1.06. The molecule has 1 aliphatic heterocycles. The summed E-state index contributed by atoms with van der Waals surface area (Å²) in [6.07, 6.45) is 4.11. The van der Waals surface area contributed by atoms with Crippen LogP contribution in [0.5, 0.6) is 0 Å². The smallest absolute Gasteiger partial charge is 0.137 e. The number of nitrogens with zero attached hydrogens (tertiary/aromatic N) is 2. The molecule has 1 saturated heterocycles. The number of aromatic nitrogens is 1. The van der Waals surface area contributed by atoms with Gasteiger partial charge in [-0.3, -0.25) is 0 Å². The molecule has 3 heteroatoms. The number of piperidine rings is 1. The van der Waals surface area contributed by atoms with E-state index < -0.39 is 0 Å². The van der Waals surface area contributed by atoms with Crippen LogP contribution >= 0.6 is 11.3 Å². The summed E-state index contributed by atoms with van der Waals surface area (Å²) in [4.78, 5) is 6.91. The molecule has 3 rings (SSSR count). The fourth-order valence-corrected chi connectivity index (χ4v) is 2.94. The first kappa shape index (κ1) is 9.85. The molecule has 2 aromatic heterocycles. The van der Waals surface area contributed by atoms with E-state index in [2.05, 4.69) is 34.0 Å². The third-order valence-electron chi connectivity index (χ3n) is 3.13. The Morgan fingerprint density at radius 1 is 1.25 bits per heavy atom. The summed E-state index contributed by atoms with van der Waals surface area (Å²) in [6, 6.07) is 4.26. The van der Waals surface area contributed by atoms with E-state index in [1.165, 1.54) is 15.7 Å². The molecule has 0 atom stereocenters. The number of hydrogen-bond acceptors (Lipinski definition) is 3. The Kier molecular flexibility index (Phi) is 2.40. The number of fused-ring (bicyclic) bond motifs is 1. The number of pyridine rings is 1. The van der Waals surface area contributed by atoms with Gasteiger partial charge >= 0.3 is 0 Å². The largest absolute Gasteiger partial charge is 0.355 e. The van der Waals surface area contributed by atoms with Gasteiger partial charge in [-0.1, -0.05) is 12.2 Å². The second-order valence-electron chi connectivity index (χ2n) is 4.20. The number of rotatable bonds is 1. The van der Waals surface area contributed by atoms with Gasteiger partial charge in [-0.25, -0.2) is 4.98 Å². The van der Waals surface area contributed by atoms with Crippen LogP contribution in [0, 0.1) is 0 Å². The molecule has 82 valence electrons. The van der Waals surface area contributed by atoms with E-state index >= 15 is 0 Å². The lowest BCUT2D eigenvalue weighted by atomic mass is 10.1. The standard InChI is InChI=1S/C13H14N2S/c1-10-3-7-15(8-4-10)13-11-5-9-16-12(11)2-6-14-13/h2,5-6,9H,1,3-4,7-8H2. The SMILES string of the molecule is C=C1CCN(c2nccc3sccc23)CC1. The molecule has 2 nitrogen and oxygen atoms in total. The van der Waals surface area contributed by atoms with E-state index in [0.29, 0.717) is 0 Å². The Labute approximate surface area is 99.2 Å². The minimum Gasteiger partial charge on any atom is -0.355 e. The van der Waals surface area contributed by atoms with Crippen molar-refractivity contribution < 1.29 is 0 Å². The zero-order valence-corrected chi connectivity index (χ0v) is 9.96. The van der Waals surface area contributed by atoms with E-state index in [1.807, 2.05) is 6.20 Å². The molecule has 0 radical (unpaired) electrons. The zero-order valence-electron chi connectivity index (χ0n) is 9.15. The first-order valence-corrected chi connectivity index (χ1v) is 6.46. The van der Waals surface area contributed by atoms with Crippen LogP contribution in [0.2, 0.25) is 0 Å². The maximum atomic E-state index is 4.53. The molecule has 0 aliphatic carbocycles. The highest BCUT2D eigenvalue weighted by Gasteiger charge is 2.16. The van der Waals surface area contributed by atoms with Crippen LogP contribution in [-0.2, 0) is 0 Å². The molecule has 0 N–H and O–H groups in total. The molecule has 0 bridgehead atoms. The van der Waals surface area contributed by atoms with Gasteiger partial charge in [0, 0.05) is 29.4 Å². The number of anilines is 1. The highest BCUT2D eigenvalue weighted by Crippen LogP contribution is 2.30. The predicted molar refractivity (Wildman–Crippen MR) is 70.2 cm³/mol. The molecule has 16 heavy (non-hydrogen) atoms. The van der Waals surface area contributed by atoms with Gasteiger partial charge in [0.1, 0.15) is 5.82 Å². The van der Waals surface area contributed by atoms with E-state index in [-0.39, 0.29) is 0 Å². The van der Waals surface area contributed by atoms with Gasteiger partial charge < -0.3 is 4.90 Å². The van der Waals surface area contributed by atoms with Crippen molar-refractivity contribution in [1.29, 1.82) is 0 Å². The quantitative estimate of drug-likeness (QED) is 0.697. The highest BCUT2D eigenvalue weighted by atomic mass is 32.1. The zero-order chi connectivity index (χ0) is 11.0. The Bertz CT molecular complexity index is 519. The Hall–Kier alpha value is -1.35. The Morgan fingerprint density at radius 2 is 2.06 bits per heavy atom. The van der Waals surface area contributed by atoms with Crippen molar-refractivity contribution in [1.82, 2.24) is 4.98 Å². The van der Waals surface area contributed by atoms with Crippen LogP contribution < -0.4 is 4.90 Å². The normalized spacial score (nSPS) is 17.0. The molecule has 0 saturated carbocycles. The van der Waals surface area contributed by atoms with Crippen molar-refractivity contribution in [3.8, 4) is 0 Å². The van der Waals surface area contributed by atoms with Crippen LogP contribution in [-0.4, -0.2) is 18.1 Å². The second-order valence-corrected chi connectivity index (χ2v) is 5.15. The average Bonchev–Trinajstić information content (AvgIpc) is 2.78. The molecule has 0 unspecified atom stereocenters. The first-order valence-electron chi connectivity index (χ1n) is 5.58. The summed E-state index contributed by atoms with van der Waals surface area (Å²) in [5.74, 6) is 1.14. The van der Waals surface area contributed by atoms with Crippen LogP contribution in [0.1, 0.15) is 12.8 Å². The van der Waals surface area contributed by atoms with Crippen molar-refractivity contribution in [2.45, 2.75) is 12.8 Å². The summed E-state index contributed by atoms with van der Waals surface area (Å²) in [5, 5.41) is 3.43. The summed E-state index contributed by atoms with van der Waals surface area (Å²) in [7, 11) is 0. The third-order valence-corrected chi connectivity index (χ3v) is 4.01. The van der Waals surface area contributed by atoms with Gasteiger partial charge in [-0.05, 0) is 30.4 Å². The predicted octanol–water partition coefficient (Wildman–Crippen LogP) is 3.45. The van der Waals surface area contributed by atoms with Gasteiger partial charge in [0.2, 0.25) is 0 Å². The molecule has 3 heterocycles. The minimum absolute atomic E-state index is 1.06. The fourth-order valence-electron chi connectivity index (χ4n) is 2.17. The number of thiophene rings is 1. The second kappa shape index (κ2) is 3.91. The topological polar surface area (TPSA) is 16.1 Å². The first-order chi connectivity index (χ1) is 7.84. The van der Waals surface area contributed by atoms with Gasteiger partial charge in [0.15, 0.2) is 0 Å². The molecule has 1 aliphatic rings. The summed E-state index contributed by atoms with van der Waals surface area (Å²) >= 11 is 1.78. The molecular formula is C13H14N2S. The Morgan fingerprint density at radius 3 is 2.88 bits per heavy atom. The average molecular weight is 230 g/mol. The van der Waals surface area contributed by atoms with Gasteiger partial charge in [0.25, 0.3) is 0 Å². The summed E-state index contributed by atoms with van der Waals surface area (Å²) in [6.45, 7) is 6.16. The summed E-state index contributed by atoms with van der Waals surface area (Å²) < 4.78 is 1.33. The summed E-state index contributed by atoms with van der Waals surface area (Å²) in [5.41, 5.74) is 1.37. The number of hydrogen-bond donors (Lipinski definition) is 0. The van der Waals surface area contributed by atoms with Crippen LogP contribution in [0.3, 0.4) is 0 Å². The van der Waals surface area contributed by atoms with Gasteiger partial charge in [-0.15, -0.1) is 11.3 Å². The monoisotopic (exact) mass is 230 g/mol. The van der Waals surface area contributed by atoms with E-state index in [4.69, 9.17) is 0 Å². The van der Waals surface area contributed by atoms with E-state index in [9.17, 15) is 0 Å². The maximum absolute atomic E-state index is 4.53. The van der Waals surface area contributed by atoms with Crippen LogP contribution in [0.25, 0.3) is 10.1 Å². The third kappa shape index (κ3) is 1.61.